The van der Waals surface area contributed by atoms with Crippen molar-refractivity contribution in [3.63, 3.8) is 0 Å². The third kappa shape index (κ3) is 4.60. The Labute approximate surface area is 65.3 Å². The van der Waals surface area contributed by atoms with Crippen molar-refractivity contribution >= 4 is 0 Å². The van der Waals surface area contributed by atoms with Crippen molar-refractivity contribution in [3.05, 3.63) is 11.6 Å². The fraction of sp³-hybridized carbons (Fsp3) is 0.800. The number of allylic oxidation sites excluding steroid dienone is 2. The summed E-state index contributed by atoms with van der Waals surface area (Å²) < 4.78 is 0. The van der Waals surface area contributed by atoms with Crippen LogP contribution >= 0.6 is 0 Å². The van der Waals surface area contributed by atoms with E-state index in [1.165, 1.54) is 5.57 Å². The third-order valence-electron chi connectivity index (χ3n) is 1.57. The summed E-state index contributed by atoms with van der Waals surface area (Å²) in [6.07, 6.45) is 2.34. The van der Waals surface area contributed by atoms with E-state index in [9.17, 15) is 0 Å². The Morgan fingerprint density at radius 3 is 1.70 bits per heavy atom. The number of rotatable bonds is 1. The van der Waals surface area contributed by atoms with Gasteiger partial charge < -0.3 is 0 Å². The topological polar surface area (TPSA) is 0 Å². The monoisotopic (exact) mass is 140 g/mol. The van der Waals surface area contributed by atoms with Crippen LogP contribution in [-0.2, 0) is 0 Å². The van der Waals surface area contributed by atoms with Gasteiger partial charge in [-0.25, -0.2) is 0 Å². The number of hydrogen-bond donors (Lipinski definition) is 0. The van der Waals surface area contributed by atoms with E-state index in [1.807, 2.05) is 0 Å². The quantitative estimate of drug-likeness (QED) is 0.488. The second-order valence-electron chi connectivity index (χ2n) is 4.41. The Balaban J connectivity index is 4.17. The summed E-state index contributed by atoms with van der Waals surface area (Å²) in [4.78, 5) is 0. The molecule has 0 aromatic heterocycles. The molecule has 0 saturated heterocycles. The lowest BCUT2D eigenvalue weighted by atomic mass is 9.90. The molecule has 0 unspecified atom stereocenters. The second-order valence-corrected chi connectivity index (χ2v) is 4.41. The van der Waals surface area contributed by atoms with Gasteiger partial charge in [0.25, 0.3) is 0 Å². The Kier molecular flexibility index (Phi) is 3.14. The Hall–Kier alpha value is -0.260. The standard InChI is InChI=1S/C10H20/c1-8(2)9(3)7-10(4,5)6/h7-8H,1-6H3/b9-7+. The fourth-order valence-electron chi connectivity index (χ4n) is 0.850. The minimum absolute atomic E-state index is 0.342. The van der Waals surface area contributed by atoms with Gasteiger partial charge in [0, 0.05) is 0 Å². The summed E-state index contributed by atoms with van der Waals surface area (Å²) in [5.74, 6) is 0.694. The molecule has 0 atom stereocenters. The highest BCUT2D eigenvalue weighted by molar-refractivity contribution is 5.05. The van der Waals surface area contributed by atoms with Gasteiger partial charge >= 0.3 is 0 Å². The fourth-order valence-corrected chi connectivity index (χ4v) is 0.850. The van der Waals surface area contributed by atoms with E-state index < -0.39 is 0 Å². The van der Waals surface area contributed by atoms with E-state index >= 15 is 0 Å². The van der Waals surface area contributed by atoms with E-state index in [0.717, 1.165) is 0 Å². The molecule has 60 valence electrons. The van der Waals surface area contributed by atoms with Crippen molar-refractivity contribution in [1.29, 1.82) is 0 Å². The van der Waals surface area contributed by atoms with Crippen LogP contribution in [0.2, 0.25) is 0 Å². The highest BCUT2D eigenvalue weighted by Crippen LogP contribution is 2.20. The van der Waals surface area contributed by atoms with Gasteiger partial charge in [0.15, 0.2) is 0 Å². The zero-order chi connectivity index (χ0) is 8.36. The summed E-state index contributed by atoms with van der Waals surface area (Å²) in [5.41, 5.74) is 1.83. The molecular weight excluding hydrogens is 120 g/mol. The molecule has 0 heteroatoms. The van der Waals surface area contributed by atoms with Gasteiger partial charge in [0.2, 0.25) is 0 Å². The van der Waals surface area contributed by atoms with Crippen LogP contribution in [-0.4, -0.2) is 0 Å². The lowest BCUT2D eigenvalue weighted by Gasteiger charge is -2.15. The molecular formula is C10H20. The molecule has 0 spiro atoms. The predicted octanol–water partition coefficient (Wildman–Crippen LogP) is 3.63. The van der Waals surface area contributed by atoms with Gasteiger partial charge in [-0.2, -0.15) is 0 Å². The molecule has 10 heavy (non-hydrogen) atoms. The smallest absolute Gasteiger partial charge is 0.0200 e. The van der Waals surface area contributed by atoms with Crippen molar-refractivity contribution in [2.24, 2.45) is 11.3 Å². The molecule has 0 aromatic rings. The SMILES string of the molecule is C/C(=C\C(C)(C)C)C(C)C. The summed E-state index contributed by atoms with van der Waals surface area (Å²) >= 11 is 0. The van der Waals surface area contributed by atoms with Crippen LogP contribution in [0.3, 0.4) is 0 Å². The summed E-state index contributed by atoms with van der Waals surface area (Å²) in [7, 11) is 0. The zero-order valence-corrected chi connectivity index (χ0v) is 8.15. The third-order valence-corrected chi connectivity index (χ3v) is 1.57. The lowest BCUT2D eigenvalue weighted by molar-refractivity contribution is 0.531. The van der Waals surface area contributed by atoms with Crippen molar-refractivity contribution in [2.45, 2.75) is 41.5 Å². The molecule has 0 aliphatic heterocycles. The van der Waals surface area contributed by atoms with Crippen LogP contribution in [0.1, 0.15) is 41.5 Å². The van der Waals surface area contributed by atoms with E-state index in [2.05, 4.69) is 47.6 Å². The van der Waals surface area contributed by atoms with Crippen molar-refractivity contribution in [1.82, 2.24) is 0 Å². The Morgan fingerprint density at radius 2 is 1.60 bits per heavy atom. The van der Waals surface area contributed by atoms with E-state index in [-0.39, 0.29) is 0 Å². The summed E-state index contributed by atoms with van der Waals surface area (Å²) in [6, 6.07) is 0. The maximum Gasteiger partial charge on any atom is -0.0200 e. The van der Waals surface area contributed by atoms with Crippen molar-refractivity contribution in [2.75, 3.05) is 0 Å². The highest BCUT2D eigenvalue weighted by Gasteiger charge is 2.07. The van der Waals surface area contributed by atoms with Crippen LogP contribution in [0.5, 0.6) is 0 Å². The lowest BCUT2D eigenvalue weighted by Crippen LogP contribution is -2.02. The minimum atomic E-state index is 0.342. The molecule has 0 aliphatic carbocycles. The molecule has 0 fully saturated rings. The van der Waals surface area contributed by atoms with Crippen LogP contribution in [0.25, 0.3) is 0 Å². The molecule has 0 N–H and O–H groups in total. The maximum absolute atomic E-state index is 2.34. The first-order chi connectivity index (χ1) is 4.33. The largest absolute Gasteiger partial charge is 0.0800 e. The first-order valence-electron chi connectivity index (χ1n) is 4.02. The van der Waals surface area contributed by atoms with Crippen molar-refractivity contribution in [3.8, 4) is 0 Å². The van der Waals surface area contributed by atoms with Crippen molar-refractivity contribution < 1.29 is 0 Å². The van der Waals surface area contributed by atoms with Gasteiger partial charge in [-0.05, 0) is 18.3 Å². The van der Waals surface area contributed by atoms with E-state index in [1.54, 1.807) is 0 Å². The summed E-state index contributed by atoms with van der Waals surface area (Å²) in [5, 5.41) is 0. The molecule has 0 aromatic carbocycles. The van der Waals surface area contributed by atoms with E-state index in [0.29, 0.717) is 11.3 Å². The number of hydrogen-bond acceptors (Lipinski definition) is 0. The van der Waals surface area contributed by atoms with Crippen LogP contribution in [0.4, 0.5) is 0 Å². The van der Waals surface area contributed by atoms with Gasteiger partial charge in [-0.15, -0.1) is 0 Å². The molecule has 0 saturated carbocycles. The normalized spacial score (nSPS) is 14.5. The average molecular weight is 140 g/mol. The second kappa shape index (κ2) is 3.23. The first-order valence-corrected chi connectivity index (χ1v) is 4.02. The van der Waals surface area contributed by atoms with Gasteiger partial charge in [-0.3, -0.25) is 0 Å². The van der Waals surface area contributed by atoms with Crippen LogP contribution in [0.15, 0.2) is 11.6 Å². The van der Waals surface area contributed by atoms with Crippen LogP contribution < -0.4 is 0 Å². The molecule has 0 aliphatic rings. The highest BCUT2D eigenvalue weighted by atomic mass is 14.1. The molecule has 0 nitrogen and oxygen atoms in total. The molecule has 0 amide bonds. The Morgan fingerprint density at radius 1 is 1.20 bits per heavy atom. The first kappa shape index (κ1) is 9.74. The Bertz CT molecular complexity index is 121. The molecule has 0 bridgehead atoms. The maximum atomic E-state index is 2.34. The van der Waals surface area contributed by atoms with Gasteiger partial charge in [0.1, 0.15) is 0 Å². The summed E-state index contributed by atoms with van der Waals surface area (Å²) in [6.45, 7) is 13.4. The zero-order valence-electron chi connectivity index (χ0n) is 8.15. The predicted molar refractivity (Wildman–Crippen MR) is 48.1 cm³/mol. The molecule has 0 heterocycles. The van der Waals surface area contributed by atoms with Crippen LogP contribution in [0, 0.1) is 11.3 Å². The van der Waals surface area contributed by atoms with Gasteiger partial charge in [0.05, 0.1) is 0 Å². The molecule has 0 radical (unpaired) electrons. The van der Waals surface area contributed by atoms with E-state index in [4.69, 9.17) is 0 Å². The minimum Gasteiger partial charge on any atom is -0.0800 e. The molecule has 0 rings (SSSR count). The van der Waals surface area contributed by atoms with Gasteiger partial charge in [-0.1, -0.05) is 46.3 Å². The average Bonchev–Trinajstić information content (AvgIpc) is 1.60.